The highest BCUT2D eigenvalue weighted by Crippen LogP contribution is 2.33. The van der Waals surface area contributed by atoms with Crippen molar-refractivity contribution in [2.24, 2.45) is 0 Å². The van der Waals surface area contributed by atoms with E-state index in [2.05, 4.69) is 31.9 Å². The number of hydrogen-bond donors (Lipinski definition) is 0. The third kappa shape index (κ3) is 3.22. The fourth-order valence-electron chi connectivity index (χ4n) is 1.61. The first-order valence-electron chi connectivity index (χ1n) is 5.37. The lowest BCUT2D eigenvalue weighted by atomic mass is 10.1. The third-order valence-corrected chi connectivity index (χ3v) is 3.54. The Hall–Kier alpha value is -0.550. The van der Waals surface area contributed by atoms with Gasteiger partial charge in [-0.05, 0) is 41.9 Å². The summed E-state index contributed by atoms with van der Waals surface area (Å²) in [7, 11) is 1.56. The second-order valence-electron chi connectivity index (χ2n) is 3.45. The van der Waals surface area contributed by atoms with Crippen LogP contribution in [0.3, 0.4) is 0 Å². The SMILES string of the molecule is CCN(CC)C(=O)c1cc(Br)cc(Br)c1OC. The van der Waals surface area contributed by atoms with Gasteiger partial charge in [-0.1, -0.05) is 15.9 Å². The number of rotatable bonds is 4. The summed E-state index contributed by atoms with van der Waals surface area (Å²) in [6.07, 6.45) is 0. The molecule has 0 aliphatic carbocycles. The molecular formula is C12H15Br2NO2. The van der Waals surface area contributed by atoms with Gasteiger partial charge < -0.3 is 9.64 Å². The van der Waals surface area contributed by atoms with Crippen molar-refractivity contribution in [1.82, 2.24) is 4.90 Å². The molecule has 0 atom stereocenters. The molecule has 0 aromatic heterocycles. The fraction of sp³-hybridized carbons (Fsp3) is 0.417. The fourth-order valence-corrected chi connectivity index (χ4v) is 2.99. The van der Waals surface area contributed by atoms with Crippen LogP contribution < -0.4 is 4.74 Å². The number of benzene rings is 1. The second kappa shape index (κ2) is 6.40. The van der Waals surface area contributed by atoms with Gasteiger partial charge in [0, 0.05) is 17.6 Å². The van der Waals surface area contributed by atoms with E-state index in [9.17, 15) is 4.79 Å². The molecule has 0 radical (unpaired) electrons. The smallest absolute Gasteiger partial charge is 0.257 e. The maximum absolute atomic E-state index is 12.3. The van der Waals surface area contributed by atoms with Gasteiger partial charge in [0.1, 0.15) is 5.75 Å². The van der Waals surface area contributed by atoms with Gasteiger partial charge in [-0.25, -0.2) is 0 Å². The zero-order valence-corrected chi connectivity index (χ0v) is 13.3. The van der Waals surface area contributed by atoms with Gasteiger partial charge in [-0.15, -0.1) is 0 Å². The van der Waals surface area contributed by atoms with E-state index < -0.39 is 0 Å². The van der Waals surface area contributed by atoms with Gasteiger partial charge >= 0.3 is 0 Å². The Kier molecular flexibility index (Phi) is 5.46. The minimum absolute atomic E-state index is 0.0196. The quantitative estimate of drug-likeness (QED) is 0.815. The molecule has 0 saturated carbocycles. The number of halogens is 2. The topological polar surface area (TPSA) is 29.5 Å². The molecule has 0 spiro atoms. The van der Waals surface area contributed by atoms with Crippen LogP contribution in [0, 0.1) is 0 Å². The highest BCUT2D eigenvalue weighted by Gasteiger charge is 2.19. The van der Waals surface area contributed by atoms with E-state index >= 15 is 0 Å². The number of ether oxygens (including phenoxy) is 1. The first-order chi connectivity index (χ1) is 8.04. The van der Waals surface area contributed by atoms with Crippen LogP contribution in [0.25, 0.3) is 0 Å². The normalized spacial score (nSPS) is 10.2. The van der Waals surface area contributed by atoms with Crippen molar-refractivity contribution < 1.29 is 9.53 Å². The number of amides is 1. The van der Waals surface area contributed by atoms with Crippen LogP contribution in [0.15, 0.2) is 21.1 Å². The Balaban J connectivity index is 3.24. The molecule has 1 rings (SSSR count). The maximum atomic E-state index is 12.3. The highest BCUT2D eigenvalue weighted by atomic mass is 79.9. The van der Waals surface area contributed by atoms with E-state index in [4.69, 9.17) is 4.74 Å². The van der Waals surface area contributed by atoms with Crippen LogP contribution >= 0.6 is 31.9 Å². The molecule has 0 unspecified atom stereocenters. The van der Waals surface area contributed by atoms with Crippen molar-refractivity contribution in [3.8, 4) is 5.75 Å². The lowest BCUT2D eigenvalue weighted by molar-refractivity contribution is 0.0769. The average Bonchev–Trinajstić information content (AvgIpc) is 2.29. The van der Waals surface area contributed by atoms with E-state index in [1.54, 1.807) is 18.1 Å². The molecule has 0 aliphatic rings. The lowest BCUT2D eigenvalue weighted by Gasteiger charge is -2.20. The number of methoxy groups -OCH3 is 1. The van der Waals surface area contributed by atoms with Crippen molar-refractivity contribution in [3.05, 3.63) is 26.6 Å². The summed E-state index contributed by atoms with van der Waals surface area (Å²) >= 11 is 6.77. The molecule has 0 heterocycles. The zero-order valence-electron chi connectivity index (χ0n) is 10.1. The highest BCUT2D eigenvalue weighted by molar-refractivity contribution is 9.11. The minimum Gasteiger partial charge on any atom is -0.495 e. The van der Waals surface area contributed by atoms with Gasteiger partial charge in [-0.3, -0.25) is 4.79 Å². The molecule has 1 aromatic rings. The number of hydrogen-bond acceptors (Lipinski definition) is 2. The van der Waals surface area contributed by atoms with Gasteiger partial charge in [0.2, 0.25) is 0 Å². The molecular weight excluding hydrogens is 350 g/mol. The van der Waals surface area contributed by atoms with Crippen molar-refractivity contribution in [3.63, 3.8) is 0 Å². The lowest BCUT2D eigenvalue weighted by Crippen LogP contribution is -2.30. The number of nitrogens with zero attached hydrogens (tertiary/aromatic N) is 1. The largest absolute Gasteiger partial charge is 0.495 e. The maximum Gasteiger partial charge on any atom is 0.257 e. The van der Waals surface area contributed by atoms with E-state index in [-0.39, 0.29) is 5.91 Å². The molecule has 17 heavy (non-hydrogen) atoms. The van der Waals surface area contributed by atoms with E-state index in [0.717, 1.165) is 8.95 Å². The molecule has 5 heteroatoms. The summed E-state index contributed by atoms with van der Waals surface area (Å²) in [5.74, 6) is 0.555. The van der Waals surface area contributed by atoms with Crippen LogP contribution in [-0.4, -0.2) is 31.0 Å². The second-order valence-corrected chi connectivity index (χ2v) is 5.22. The summed E-state index contributed by atoms with van der Waals surface area (Å²) in [4.78, 5) is 14.1. The average molecular weight is 365 g/mol. The van der Waals surface area contributed by atoms with Crippen LogP contribution in [0.1, 0.15) is 24.2 Å². The summed E-state index contributed by atoms with van der Waals surface area (Å²) in [5.41, 5.74) is 0.567. The molecule has 1 amide bonds. The third-order valence-electron chi connectivity index (χ3n) is 2.49. The predicted molar refractivity (Wildman–Crippen MR) is 75.6 cm³/mol. The Morgan fingerprint density at radius 3 is 2.35 bits per heavy atom. The van der Waals surface area contributed by atoms with Gasteiger partial charge in [0.25, 0.3) is 5.91 Å². The summed E-state index contributed by atoms with van der Waals surface area (Å²) in [6.45, 7) is 5.28. The molecule has 0 aliphatic heterocycles. The molecule has 0 fully saturated rings. The van der Waals surface area contributed by atoms with Gasteiger partial charge in [-0.2, -0.15) is 0 Å². The minimum atomic E-state index is -0.0196. The van der Waals surface area contributed by atoms with Crippen molar-refractivity contribution >= 4 is 37.8 Å². The summed E-state index contributed by atoms with van der Waals surface area (Å²) in [5, 5.41) is 0. The molecule has 0 saturated heterocycles. The van der Waals surface area contributed by atoms with Crippen LogP contribution in [0.4, 0.5) is 0 Å². The summed E-state index contributed by atoms with van der Waals surface area (Å²) in [6, 6.07) is 3.64. The molecule has 3 nitrogen and oxygen atoms in total. The van der Waals surface area contributed by atoms with Crippen LogP contribution in [0.5, 0.6) is 5.75 Å². The standard InChI is InChI=1S/C12H15Br2NO2/c1-4-15(5-2)12(16)9-6-8(13)7-10(14)11(9)17-3/h6-7H,4-5H2,1-3H3. The number of carbonyl (C=O) groups excluding carboxylic acids is 1. The summed E-state index contributed by atoms with van der Waals surface area (Å²) < 4.78 is 6.89. The molecule has 0 N–H and O–H groups in total. The first-order valence-corrected chi connectivity index (χ1v) is 6.96. The first kappa shape index (κ1) is 14.5. The van der Waals surface area contributed by atoms with Crippen molar-refractivity contribution in [2.75, 3.05) is 20.2 Å². The van der Waals surface area contributed by atoms with Gasteiger partial charge in [0.05, 0.1) is 17.1 Å². The Morgan fingerprint density at radius 1 is 1.29 bits per heavy atom. The zero-order chi connectivity index (χ0) is 13.0. The molecule has 0 bridgehead atoms. The molecule has 1 aromatic carbocycles. The number of carbonyl (C=O) groups is 1. The van der Waals surface area contributed by atoms with E-state index in [1.165, 1.54) is 0 Å². The van der Waals surface area contributed by atoms with Crippen molar-refractivity contribution in [2.45, 2.75) is 13.8 Å². The monoisotopic (exact) mass is 363 g/mol. The Labute approximate surface area is 118 Å². The molecule has 94 valence electrons. The van der Waals surface area contributed by atoms with Gasteiger partial charge in [0.15, 0.2) is 0 Å². The van der Waals surface area contributed by atoms with Crippen LogP contribution in [-0.2, 0) is 0 Å². The van der Waals surface area contributed by atoms with E-state index in [1.807, 2.05) is 19.9 Å². The predicted octanol–water partition coefficient (Wildman–Crippen LogP) is 3.70. The van der Waals surface area contributed by atoms with E-state index in [0.29, 0.717) is 24.4 Å². The Bertz CT molecular complexity index is 417. The van der Waals surface area contributed by atoms with Crippen LogP contribution in [0.2, 0.25) is 0 Å². The Morgan fingerprint density at radius 2 is 1.88 bits per heavy atom. The van der Waals surface area contributed by atoms with Crippen molar-refractivity contribution in [1.29, 1.82) is 0 Å².